The maximum atomic E-state index is 11.8. The summed E-state index contributed by atoms with van der Waals surface area (Å²) in [5.41, 5.74) is -0.421. The molecule has 0 radical (unpaired) electrons. The molecule has 1 aliphatic heterocycles. The van der Waals surface area contributed by atoms with E-state index in [1.807, 2.05) is 6.92 Å². The highest BCUT2D eigenvalue weighted by Gasteiger charge is 2.42. The Kier molecular flexibility index (Phi) is 2.78. The van der Waals surface area contributed by atoms with E-state index in [2.05, 4.69) is 10.6 Å². The highest BCUT2D eigenvalue weighted by atomic mass is 16.2. The maximum Gasteiger partial charge on any atom is 0.317 e. The number of nitrogens with zero attached hydrogens (tertiary/aromatic N) is 1. The average molecular weight is 225 g/mol. The molecule has 5 heteroatoms. The number of urea groups is 1. The van der Waals surface area contributed by atoms with Crippen LogP contribution in [0.25, 0.3) is 0 Å². The Bertz CT molecular complexity index is 314. The van der Waals surface area contributed by atoms with E-state index in [0.29, 0.717) is 19.1 Å². The van der Waals surface area contributed by atoms with Crippen LogP contribution < -0.4 is 10.6 Å². The molecule has 2 fully saturated rings. The first-order valence-electron chi connectivity index (χ1n) is 5.83. The van der Waals surface area contributed by atoms with Gasteiger partial charge in [0.25, 0.3) is 0 Å². The molecule has 5 nitrogen and oxygen atoms in total. The third-order valence-corrected chi connectivity index (χ3v) is 3.44. The van der Waals surface area contributed by atoms with Gasteiger partial charge >= 0.3 is 6.03 Å². The third kappa shape index (κ3) is 2.13. The summed E-state index contributed by atoms with van der Waals surface area (Å²) in [6, 6.07) is 0.356. The van der Waals surface area contributed by atoms with Gasteiger partial charge in [-0.2, -0.15) is 0 Å². The first-order chi connectivity index (χ1) is 7.55. The Balaban J connectivity index is 1.90. The zero-order chi connectivity index (χ0) is 11.8. The minimum Gasteiger partial charge on any atom is -0.359 e. The summed E-state index contributed by atoms with van der Waals surface area (Å²) >= 11 is 0. The minimum atomic E-state index is -0.421. The fraction of sp³-hybridized carbons (Fsp3) is 0.818. The minimum absolute atomic E-state index is 0.0184. The summed E-state index contributed by atoms with van der Waals surface area (Å²) < 4.78 is 0. The first-order valence-corrected chi connectivity index (χ1v) is 5.83. The van der Waals surface area contributed by atoms with Gasteiger partial charge in [-0.1, -0.05) is 0 Å². The molecule has 1 atom stereocenters. The third-order valence-electron chi connectivity index (χ3n) is 3.44. The average Bonchev–Trinajstić information content (AvgIpc) is 2.98. The second-order valence-electron chi connectivity index (χ2n) is 5.04. The summed E-state index contributed by atoms with van der Waals surface area (Å²) in [7, 11) is 1.64. The number of carbonyl (C=O) groups is 2. The second kappa shape index (κ2) is 3.96. The van der Waals surface area contributed by atoms with Crippen LogP contribution in [-0.2, 0) is 4.79 Å². The van der Waals surface area contributed by atoms with Crippen LogP contribution in [0.5, 0.6) is 0 Å². The van der Waals surface area contributed by atoms with E-state index in [1.54, 1.807) is 11.9 Å². The van der Waals surface area contributed by atoms with Gasteiger partial charge < -0.3 is 15.5 Å². The predicted molar refractivity (Wildman–Crippen MR) is 59.9 cm³/mol. The Morgan fingerprint density at radius 3 is 2.62 bits per heavy atom. The van der Waals surface area contributed by atoms with Gasteiger partial charge in [-0.3, -0.25) is 4.79 Å². The number of carbonyl (C=O) groups excluding carboxylic acids is 2. The topological polar surface area (TPSA) is 61.4 Å². The van der Waals surface area contributed by atoms with Gasteiger partial charge in [0.05, 0.1) is 5.41 Å². The standard InChI is InChI=1S/C11H19N3O2/c1-11(9(15)12-2)5-6-14(7-11)10(16)13-8-3-4-8/h8H,3-7H2,1-2H3,(H,12,15)(H,13,16). The number of nitrogens with one attached hydrogen (secondary N) is 2. The highest BCUT2D eigenvalue weighted by Crippen LogP contribution is 2.30. The molecule has 0 aromatic carbocycles. The molecule has 0 aromatic heterocycles. The molecule has 1 saturated heterocycles. The first kappa shape index (κ1) is 11.2. The van der Waals surface area contributed by atoms with E-state index in [1.165, 1.54) is 0 Å². The number of rotatable bonds is 2. The van der Waals surface area contributed by atoms with Crippen LogP contribution in [-0.4, -0.2) is 43.0 Å². The lowest BCUT2D eigenvalue weighted by atomic mass is 9.89. The van der Waals surface area contributed by atoms with Crippen molar-refractivity contribution in [3.63, 3.8) is 0 Å². The van der Waals surface area contributed by atoms with E-state index >= 15 is 0 Å². The van der Waals surface area contributed by atoms with E-state index in [-0.39, 0.29) is 11.9 Å². The van der Waals surface area contributed by atoms with Crippen molar-refractivity contribution in [3.8, 4) is 0 Å². The van der Waals surface area contributed by atoms with Crippen molar-refractivity contribution in [2.75, 3.05) is 20.1 Å². The quantitative estimate of drug-likeness (QED) is 0.711. The lowest BCUT2D eigenvalue weighted by Gasteiger charge is -2.22. The smallest absolute Gasteiger partial charge is 0.317 e. The Labute approximate surface area is 95.6 Å². The molecular formula is C11H19N3O2. The summed E-state index contributed by atoms with van der Waals surface area (Å²) in [4.78, 5) is 25.2. The number of hydrogen-bond acceptors (Lipinski definition) is 2. The molecule has 2 N–H and O–H groups in total. The van der Waals surface area contributed by atoms with Crippen LogP contribution in [0.15, 0.2) is 0 Å². The van der Waals surface area contributed by atoms with E-state index in [9.17, 15) is 9.59 Å². The van der Waals surface area contributed by atoms with Crippen molar-refractivity contribution in [2.45, 2.75) is 32.2 Å². The largest absolute Gasteiger partial charge is 0.359 e. The van der Waals surface area contributed by atoms with E-state index < -0.39 is 5.41 Å². The fourth-order valence-corrected chi connectivity index (χ4v) is 2.12. The summed E-state index contributed by atoms with van der Waals surface area (Å²) in [5, 5.41) is 5.61. The molecule has 2 rings (SSSR count). The summed E-state index contributed by atoms with van der Waals surface area (Å²) in [6.45, 7) is 3.10. The molecule has 16 heavy (non-hydrogen) atoms. The van der Waals surface area contributed by atoms with E-state index in [0.717, 1.165) is 19.3 Å². The number of likely N-dealkylation sites (tertiary alicyclic amines) is 1. The molecule has 0 aromatic rings. The molecule has 0 bridgehead atoms. The van der Waals surface area contributed by atoms with Crippen LogP contribution in [0.4, 0.5) is 4.79 Å². The SMILES string of the molecule is CNC(=O)C1(C)CCN(C(=O)NC2CC2)C1. The van der Waals surface area contributed by atoms with Crippen molar-refractivity contribution >= 4 is 11.9 Å². The molecule has 90 valence electrons. The van der Waals surface area contributed by atoms with Gasteiger partial charge in [-0.15, -0.1) is 0 Å². The lowest BCUT2D eigenvalue weighted by molar-refractivity contribution is -0.128. The monoisotopic (exact) mass is 225 g/mol. The zero-order valence-corrected chi connectivity index (χ0v) is 9.88. The van der Waals surface area contributed by atoms with Crippen LogP contribution in [0, 0.1) is 5.41 Å². The number of amides is 3. The molecule has 3 amide bonds. The highest BCUT2D eigenvalue weighted by molar-refractivity contribution is 5.84. The molecule has 1 unspecified atom stereocenters. The molecule has 0 spiro atoms. The van der Waals surface area contributed by atoms with Gasteiger partial charge in [-0.05, 0) is 26.2 Å². The van der Waals surface area contributed by atoms with Gasteiger partial charge in [0.15, 0.2) is 0 Å². The Morgan fingerprint density at radius 2 is 2.06 bits per heavy atom. The van der Waals surface area contributed by atoms with E-state index in [4.69, 9.17) is 0 Å². The van der Waals surface area contributed by atoms with Gasteiger partial charge in [0.1, 0.15) is 0 Å². The van der Waals surface area contributed by atoms with Crippen molar-refractivity contribution in [3.05, 3.63) is 0 Å². The fourth-order valence-electron chi connectivity index (χ4n) is 2.12. The molecule has 1 aliphatic carbocycles. The lowest BCUT2D eigenvalue weighted by Crippen LogP contribution is -2.43. The Morgan fingerprint density at radius 1 is 1.38 bits per heavy atom. The molecule has 1 heterocycles. The summed E-state index contributed by atoms with van der Waals surface area (Å²) in [6.07, 6.45) is 2.92. The predicted octanol–water partition coefficient (Wildman–Crippen LogP) is 0.316. The van der Waals surface area contributed by atoms with Gasteiger partial charge in [0.2, 0.25) is 5.91 Å². The van der Waals surface area contributed by atoms with Crippen LogP contribution >= 0.6 is 0 Å². The number of hydrogen-bond donors (Lipinski definition) is 2. The Hall–Kier alpha value is -1.26. The molecule has 2 aliphatic rings. The van der Waals surface area contributed by atoms with Crippen LogP contribution in [0.1, 0.15) is 26.2 Å². The maximum absolute atomic E-state index is 11.8. The van der Waals surface area contributed by atoms with Crippen molar-refractivity contribution < 1.29 is 9.59 Å². The van der Waals surface area contributed by atoms with Crippen molar-refractivity contribution in [2.24, 2.45) is 5.41 Å². The normalized spacial score (nSPS) is 29.0. The molecular weight excluding hydrogens is 206 g/mol. The van der Waals surface area contributed by atoms with Crippen molar-refractivity contribution in [1.82, 2.24) is 15.5 Å². The molecule has 1 saturated carbocycles. The second-order valence-corrected chi connectivity index (χ2v) is 5.04. The van der Waals surface area contributed by atoms with Crippen LogP contribution in [0.2, 0.25) is 0 Å². The van der Waals surface area contributed by atoms with Crippen LogP contribution in [0.3, 0.4) is 0 Å². The van der Waals surface area contributed by atoms with Gasteiger partial charge in [-0.25, -0.2) is 4.79 Å². The summed E-state index contributed by atoms with van der Waals surface area (Å²) in [5.74, 6) is 0.0224. The van der Waals surface area contributed by atoms with Crippen molar-refractivity contribution in [1.29, 1.82) is 0 Å². The van der Waals surface area contributed by atoms with Gasteiger partial charge in [0, 0.05) is 26.2 Å². The zero-order valence-electron chi connectivity index (χ0n) is 9.88.